The summed E-state index contributed by atoms with van der Waals surface area (Å²) in [5.41, 5.74) is 5.41. The molecule has 0 spiro atoms. The standard InChI is InChI=1S/C5H13N2.3C2H5O.Ti/c1-2-4-7-5-3-6;3*1-2-3;/h7H,1-6H2;3*2H2,1H3;/q;3*-1;+3. The van der Waals surface area contributed by atoms with E-state index >= 15 is 0 Å². The average Bonchev–Trinajstić information content (AvgIpc) is 2.30. The summed E-state index contributed by atoms with van der Waals surface area (Å²) in [4.78, 5) is 0. The van der Waals surface area contributed by atoms with Gasteiger partial charge < -0.3 is 0 Å². The van der Waals surface area contributed by atoms with E-state index in [0.29, 0.717) is 26.4 Å². The molecule has 3 N–H and O–H groups in total. The molecule has 5 nitrogen and oxygen atoms in total. The van der Waals surface area contributed by atoms with Crippen molar-refractivity contribution < 1.29 is 27.7 Å². The van der Waals surface area contributed by atoms with Crippen LogP contribution in [0.25, 0.3) is 0 Å². The molecule has 0 amide bonds. The third-order valence-electron chi connectivity index (χ3n) is 2.25. The van der Waals surface area contributed by atoms with E-state index < -0.39 is 17.8 Å². The molecule has 0 saturated carbocycles. The van der Waals surface area contributed by atoms with Gasteiger partial charge in [-0.1, -0.05) is 0 Å². The average molecular weight is 284 g/mol. The van der Waals surface area contributed by atoms with Crippen molar-refractivity contribution in [2.75, 3.05) is 39.5 Å². The van der Waals surface area contributed by atoms with Crippen LogP contribution in [-0.2, 0) is 27.7 Å². The Balaban J connectivity index is 4.05. The summed E-state index contributed by atoms with van der Waals surface area (Å²) in [6, 6.07) is 0. The summed E-state index contributed by atoms with van der Waals surface area (Å²) in [5, 5.41) is 3.27. The first-order chi connectivity index (χ1) is 8.24. The Morgan fingerprint density at radius 3 is 1.88 bits per heavy atom. The predicted octanol–water partition coefficient (Wildman–Crippen LogP) is 1.35. The number of hydrogen-bond acceptors (Lipinski definition) is 5. The van der Waals surface area contributed by atoms with E-state index in [1.807, 2.05) is 20.8 Å². The van der Waals surface area contributed by atoms with Gasteiger partial charge in [0.25, 0.3) is 0 Å². The molecular formula is C11H28N2O3Ti. The van der Waals surface area contributed by atoms with Crippen LogP contribution in [0.3, 0.4) is 0 Å². The second kappa shape index (κ2) is 11.6. The van der Waals surface area contributed by atoms with E-state index in [-0.39, 0.29) is 0 Å². The molecule has 17 heavy (non-hydrogen) atoms. The Labute approximate surface area is 110 Å². The summed E-state index contributed by atoms with van der Waals surface area (Å²) < 4.78 is 18.3. The second-order valence-electron chi connectivity index (χ2n) is 3.62. The Kier molecular flexibility index (Phi) is 11.9. The molecule has 0 aliphatic rings. The monoisotopic (exact) mass is 284 g/mol. The summed E-state index contributed by atoms with van der Waals surface area (Å²) in [6.07, 6.45) is 1.01. The zero-order valence-corrected chi connectivity index (χ0v) is 13.0. The first-order valence-corrected chi connectivity index (χ1v) is 9.59. The second-order valence-corrected chi connectivity index (χ2v) is 7.89. The van der Waals surface area contributed by atoms with Gasteiger partial charge in [-0.3, -0.25) is 0 Å². The molecule has 0 aliphatic heterocycles. The molecule has 0 heterocycles. The van der Waals surface area contributed by atoms with Crippen LogP contribution in [0.1, 0.15) is 27.2 Å². The fraction of sp³-hybridized carbons (Fsp3) is 1.00. The van der Waals surface area contributed by atoms with E-state index in [2.05, 4.69) is 5.32 Å². The molecule has 0 atom stereocenters. The van der Waals surface area contributed by atoms with Crippen molar-refractivity contribution in [3.63, 3.8) is 0 Å². The maximum atomic E-state index is 5.81. The topological polar surface area (TPSA) is 65.7 Å². The fourth-order valence-corrected chi connectivity index (χ4v) is 5.74. The molecule has 0 aromatic carbocycles. The van der Waals surface area contributed by atoms with E-state index in [9.17, 15) is 0 Å². The van der Waals surface area contributed by atoms with Crippen LogP contribution in [0.4, 0.5) is 0 Å². The first kappa shape index (κ1) is 17.5. The van der Waals surface area contributed by atoms with Crippen molar-refractivity contribution in [2.24, 2.45) is 5.73 Å². The van der Waals surface area contributed by atoms with Crippen molar-refractivity contribution in [2.45, 2.75) is 31.9 Å². The van der Waals surface area contributed by atoms with Crippen LogP contribution in [0, 0.1) is 0 Å². The van der Waals surface area contributed by atoms with Gasteiger partial charge in [0.2, 0.25) is 0 Å². The molecule has 0 bridgehead atoms. The molecule has 0 unspecified atom stereocenters. The van der Waals surface area contributed by atoms with Gasteiger partial charge in [0, 0.05) is 0 Å². The fourth-order valence-electron chi connectivity index (χ4n) is 1.66. The Bertz CT molecular complexity index is 156. The minimum atomic E-state index is -2.97. The van der Waals surface area contributed by atoms with Crippen LogP contribution in [-0.4, -0.2) is 39.5 Å². The van der Waals surface area contributed by atoms with E-state index in [1.54, 1.807) is 0 Å². The number of nitrogens with two attached hydrogens (primary N) is 1. The Hall–Kier alpha value is 0.514. The van der Waals surface area contributed by atoms with E-state index in [0.717, 1.165) is 24.2 Å². The third-order valence-corrected chi connectivity index (χ3v) is 7.17. The summed E-state index contributed by atoms with van der Waals surface area (Å²) in [6.45, 7) is 10.4. The predicted molar refractivity (Wildman–Crippen MR) is 66.2 cm³/mol. The summed E-state index contributed by atoms with van der Waals surface area (Å²) in [7, 11) is 0. The van der Waals surface area contributed by atoms with Gasteiger partial charge in [-0.15, -0.1) is 0 Å². The van der Waals surface area contributed by atoms with Crippen LogP contribution in [0.15, 0.2) is 0 Å². The van der Waals surface area contributed by atoms with Crippen LogP contribution < -0.4 is 11.1 Å². The van der Waals surface area contributed by atoms with Gasteiger partial charge in [-0.2, -0.15) is 0 Å². The molecule has 0 aromatic rings. The van der Waals surface area contributed by atoms with Crippen molar-refractivity contribution in [3.05, 3.63) is 0 Å². The molecule has 6 heteroatoms. The van der Waals surface area contributed by atoms with Crippen molar-refractivity contribution in [1.82, 2.24) is 5.32 Å². The maximum absolute atomic E-state index is 5.81. The van der Waals surface area contributed by atoms with Crippen LogP contribution in [0.2, 0.25) is 4.73 Å². The van der Waals surface area contributed by atoms with Crippen LogP contribution >= 0.6 is 0 Å². The van der Waals surface area contributed by atoms with E-state index in [4.69, 9.17) is 15.7 Å². The minimum absolute atomic E-state index is 0.663. The van der Waals surface area contributed by atoms with Crippen molar-refractivity contribution in [3.8, 4) is 0 Å². The number of rotatable bonds is 12. The quantitative estimate of drug-likeness (QED) is 0.418. The summed E-state index contributed by atoms with van der Waals surface area (Å²) >= 11 is -2.97. The molecule has 0 aromatic heterocycles. The number of hydrogen-bond donors (Lipinski definition) is 2. The van der Waals surface area contributed by atoms with Gasteiger partial charge in [0.05, 0.1) is 0 Å². The van der Waals surface area contributed by atoms with E-state index in [1.165, 1.54) is 0 Å². The molecule has 104 valence electrons. The third kappa shape index (κ3) is 8.27. The molecule has 0 fully saturated rings. The van der Waals surface area contributed by atoms with Gasteiger partial charge in [0.1, 0.15) is 0 Å². The summed E-state index contributed by atoms with van der Waals surface area (Å²) in [5.74, 6) is 0. The zero-order valence-electron chi connectivity index (χ0n) is 11.5. The molecule has 0 rings (SSSR count). The Morgan fingerprint density at radius 2 is 1.47 bits per heavy atom. The Morgan fingerprint density at radius 1 is 0.941 bits per heavy atom. The molecule has 0 saturated heterocycles. The number of nitrogens with one attached hydrogen (secondary N) is 1. The van der Waals surface area contributed by atoms with Crippen LogP contribution in [0.5, 0.6) is 0 Å². The molecular weight excluding hydrogens is 256 g/mol. The zero-order chi connectivity index (χ0) is 13.0. The molecule has 0 radical (unpaired) electrons. The van der Waals surface area contributed by atoms with Crippen molar-refractivity contribution in [1.29, 1.82) is 0 Å². The first-order valence-electron chi connectivity index (χ1n) is 6.57. The normalized spacial score (nSPS) is 12.0. The van der Waals surface area contributed by atoms with Gasteiger partial charge in [-0.05, 0) is 0 Å². The van der Waals surface area contributed by atoms with Gasteiger partial charge in [-0.25, -0.2) is 0 Å². The SMILES string of the molecule is CC[O][Ti]([CH2]CCNCCN)([O]CC)[O]CC. The van der Waals surface area contributed by atoms with Gasteiger partial charge in [0.15, 0.2) is 0 Å². The van der Waals surface area contributed by atoms with Crippen molar-refractivity contribution >= 4 is 0 Å². The van der Waals surface area contributed by atoms with Gasteiger partial charge >= 0.3 is 110 Å². The molecule has 0 aliphatic carbocycles.